The van der Waals surface area contributed by atoms with Crippen molar-refractivity contribution in [1.29, 1.82) is 0 Å². The van der Waals surface area contributed by atoms with Gasteiger partial charge in [-0.05, 0) is 55.2 Å². The highest BCUT2D eigenvalue weighted by molar-refractivity contribution is 5.26. The predicted octanol–water partition coefficient (Wildman–Crippen LogP) is 6.39. The van der Waals surface area contributed by atoms with E-state index in [2.05, 4.69) is 6.92 Å². The van der Waals surface area contributed by atoms with E-state index in [0.29, 0.717) is 11.5 Å². The molecule has 0 spiro atoms. The molecule has 2 heteroatoms. The Balaban J connectivity index is 0.000000300. The Hall–Kier alpha value is -1.96. The maximum atomic E-state index is 9.15. The lowest BCUT2D eigenvalue weighted by atomic mass is 10.0. The third-order valence-electron chi connectivity index (χ3n) is 4.01. The molecular formula is C22H32O2. The van der Waals surface area contributed by atoms with Gasteiger partial charge in [-0.3, -0.25) is 0 Å². The molecule has 2 aromatic carbocycles. The Morgan fingerprint density at radius 2 is 1.33 bits per heavy atom. The number of rotatable bonds is 8. The van der Waals surface area contributed by atoms with Crippen molar-refractivity contribution >= 4 is 0 Å². The zero-order valence-corrected chi connectivity index (χ0v) is 15.2. The second kappa shape index (κ2) is 12.5. The molecule has 0 saturated carbocycles. The summed E-state index contributed by atoms with van der Waals surface area (Å²) >= 11 is 0. The maximum Gasteiger partial charge on any atom is 0.115 e. The first-order valence-electron chi connectivity index (χ1n) is 9.15. The number of hydrogen-bond donors (Lipinski definition) is 2. The van der Waals surface area contributed by atoms with Gasteiger partial charge in [0.15, 0.2) is 0 Å². The van der Waals surface area contributed by atoms with Gasteiger partial charge in [0.05, 0.1) is 0 Å². The van der Waals surface area contributed by atoms with Crippen molar-refractivity contribution in [3.63, 3.8) is 0 Å². The number of benzene rings is 2. The first kappa shape index (κ1) is 20.1. The highest BCUT2D eigenvalue weighted by atomic mass is 16.3. The monoisotopic (exact) mass is 328 g/mol. The minimum absolute atomic E-state index is 0.338. The first-order chi connectivity index (χ1) is 11.6. The zero-order chi connectivity index (χ0) is 17.6. The molecule has 0 radical (unpaired) electrons. The van der Waals surface area contributed by atoms with E-state index < -0.39 is 0 Å². The fraction of sp³-hybridized carbons (Fsp3) is 0.455. The van der Waals surface area contributed by atoms with Gasteiger partial charge in [0, 0.05) is 0 Å². The van der Waals surface area contributed by atoms with E-state index in [-0.39, 0.29) is 0 Å². The molecule has 0 aliphatic rings. The molecule has 0 aliphatic carbocycles. The van der Waals surface area contributed by atoms with Gasteiger partial charge in [0.25, 0.3) is 0 Å². The summed E-state index contributed by atoms with van der Waals surface area (Å²) in [7, 11) is 0. The van der Waals surface area contributed by atoms with Crippen molar-refractivity contribution in [3.8, 4) is 11.5 Å². The van der Waals surface area contributed by atoms with E-state index >= 15 is 0 Å². The van der Waals surface area contributed by atoms with Crippen LogP contribution in [0.25, 0.3) is 0 Å². The molecule has 2 aromatic rings. The van der Waals surface area contributed by atoms with Crippen molar-refractivity contribution in [3.05, 3.63) is 59.7 Å². The summed E-state index contributed by atoms with van der Waals surface area (Å²) in [5.74, 6) is 0.702. The summed E-state index contributed by atoms with van der Waals surface area (Å²) in [6.45, 7) is 4.20. The molecule has 2 nitrogen and oxygen atoms in total. The third-order valence-corrected chi connectivity index (χ3v) is 4.01. The van der Waals surface area contributed by atoms with Crippen molar-refractivity contribution in [2.45, 2.75) is 65.2 Å². The van der Waals surface area contributed by atoms with Crippen molar-refractivity contribution < 1.29 is 10.2 Å². The Labute approximate surface area is 147 Å². The second-order valence-electron chi connectivity index (χ2n) is 6.38. The molecule has 0 unspecified atom stereocenters. The summed E-state index contributed by atoms with van der Waals surface area (Å²) in [4.78, 5) is 0. The molecule has 132 valence electrons. The molecule has 0 bridgehead atoms. The van der Waals surface area contributed by atoms with E-state index in [1.807, 2.05) is 31.2 Å². The predicted molar refractivity (Wildman–Crippen MR) is 103 cm³/mol. The van der Waals surface area contributed by atoms with Crippen LogP contribution in [0.5, 0.6) is 11.5 Å². The van der Waals surface area contributed by atoms with Gasteiger partial charge in [0.2, 0.25) is 0 Å². The molecule has 0 amide bonds. The summed E-state index contributed by atoms with van der Waals surface area (Å²) in [5.41, 5.74) is 2.43. The maximum absolute atomic E-state index is 9.15. The molecule has 0 fully saturated rings. The SMILES string of the molecule is CCCCCCCCCc1ccc(O)cc1.Cc1cccc(O)c1. The van der Waals surface area contributed by atoms with E-state index in [0.717, 1.165) is 12.0 Å². The third kappa shape index (κ3) is 9.94. The number of aryl methyl sites for hydroxylation is 2. The summed E-state index contributed by atoms with van der Waals surface area (Å²) in [6.07, 6.45) is 10.6. The Bertz CT molecular complexity index is 529. The van der Waals surface area contributed by atoms with Gasteiger partial charge in [-0.15, -0.1) is 0 Å². The van der Waals surface area contributed by atoms with Gasteiger partial charge in [-0.2, -0.15) is 0 Å². The molecule has 24 heavy (non-hydrogen) atoms. The summed E-state index contributed by atoms with van der Waals surface area (Å²) in [6, 6.07) is 14.7. The lowest BCUT2D eigenvalue weighted by Gasteiger charge is -2.02. The Morgan fingerprint density at radius 3 is 1.88 bits per heavy atom. The lowest BCUT2D eigenvalue weighted by Crippen LogP contribution is -1.85. The summed E-state index contributed by atoms with van der Waals surface area (Å²) in [5, 5.41) is 18.0. The number of phenolic OH excluding ortho intramolecular Hbond substituents is 2. The number of phenols is 2. The normalized spacial score (nSPS) is 10.1. The van der Waals surface area contributed by atoms with Crippen molar-refractivity contribution in [2.24, 2.45) is 0 Å². The van der Waals surface area contributed by atoms with Crippen LogP contribution >= 0.6 is 0 Å². The average Bonchev–Trinajstić information content (AvgIpc) is 2.56. The van der Waals surface area contributed by atoms with Crippen molar-refractivity contribution in [2.75, 3.05) is 0 Å². The Kier molecular flexibility index (Phi) is 10.4. The second-order valence-corrected chi connectivity index (χ2v) is 6.38. The molecular weight excluding hydrogens is 296 g/mol. The number of unbranched alkanes of at least 4 members (excludes halogenated alkanes) is 6. The first-order valence-corrected chi connectivity index (χ1v) is 9.15. The standard InChI is InChI=1S/C15H24O.C7H8O/c1-2-3-4-5-6-7-8-9-14-10-12-15(16)13-11-14;1-6-3-2-4-7(8)5-6/h10-13,16H,2-9H2,1H3;2-5,8H,1H3. The number of aromatic hydroxyl groups is 2. The molecule has 0 aliphatic heterocycles. The molecule has 0 atom stereocenters. The van der Waals surface area contributed by atoms with Crippen LogP contribution in [0.15, 0.2) is 48.5 Å². The fourth-order valence-corrected chi connectivity index (χ4v) is 2.58. The highest BCUT2D eigenvalue weighted by Gasteiger charge is 1.94. The van der Waals surface area contributed by atoms with Crippen LogP contribution in [0.1, 0.15) is 63.0 Å². The summed E-state index contributed by atoms with van der Waals surface area (Å²) < 4.78 is 0. The van der Waals surface area contributed by atoms with Crippen LogP contribution in [0.2, 0.25) is 0 Å². The molecule has 2 N–H and O–H groups in total. The quantitative estimate of drug-likeness (QED) is 0.551. The van der Waals surface area contributed by atoms with E-state index in [4.69, 9.17) is 10.2 Å². The smallest absolute Gasteiger partial charge is 0.115 e. The van der Waals surface area contributed by atoms with Crippen LogP contribution in [0.3, 0.4) is 0 Å². The highest BCUT2D eigenvalue weighted by Crippen LogP contribution is 2.13. The molecule has 0 aromatic heterocycles. The molecule has 2 rings (SSSR count). The lowest BCUT2D eigenvalue weighted by molar-refractivity contribution is 0.474. The van der Waals surface area contributed by atoms with Crippen LogP contribution in [-0.2, 0) is 6.42 Å². The van der Waals surface area contributed by atoms with Crippen LogP contribution < -0.4 is 0 Å². The van der Waals surface area contributed by atoms with Gasteiger partial charge in [0.1, 0.15) is 11.5 Å². The van der Waals surface area contributed by atoms with Gasteiger partial charge in [-0.25, -0.2) is 0 Å². The van der Waals surface area contributed by atoms with E-state index in [1.165, 1.54) is 50.5 Å². The van der Waals surface area contributed by atoms with Gasteiger partial charge >= 0.3 is 0 Å². The largest absolute Gasteiger partial charge is 0.508 e. The average molecular weight is 328 g/mol. The van der Waals surface area contributed by atoms with Crippen LogP contribution in [0.4, 0.5) is 0 Å². The van der Waals surface area contributed by atoms with Gasteiger partial charge < -0.3 is 10.2 Å². The molecule has 0 saturated heterocycles. The van der Waals surface area contributed by atoms with Crippen LogP contribution in [-0.4, -0.2) is 10.2 Å². The zero-order valence-electron chi connectivity index (χ0n) is 15.2. The minimum atomic E-state index is 0.338. The van der Waals surface area contributed by atoms with E-state index in [1.54, 1.807) is 24.3 Å². The van der Waals surface area contributed by atoms with E-state index in [9.17, 15) is 0 Å². The fourth-order valence-electron chi connectivity index (χ4n) is 2.58. The van der Waals surface area contributed by atoms with Crippen molar-refractivity contribution in [1.82, 2.24) is 0 Å². The molecule has 0 heterocycles. The van der Waals surface area contributed by atoms with Gasteiger partial charge in [-0.1, -0.05) is 69.7 Å². The van der Waals surface area contributed by atoms with Crippen LogP contribution in [0, 0.1) is 6.92 Å². The topological polar surface area (TPSA) is 40.5 Å². The minimum Gasteiger partial charge on any atom is -0.508 e. The number of hydrogen-bond acceptors (Lipinski definition) is 2. The Morgan fingerprint density at radius 1 is 0.708 bits per heavy atom.